The Morgan fingerprint density at radius 1 is 1.20 bits per heavy atom. The zero-order chi connectivity index (χ0) is 14.7. The van der Waals surface area contributed by atoms with Crippen LogP contribution in [0.3, 0.4) is 0 Å². The molecular weight excluding hydrogens is 346 g/mol. The number of rotatable bonds is 2. The number of nitrogens with zero attached hydrogens (tertiary/aromatic N) is 1. The van der Waals surface area contributed by atoms with Crippen molar-refractivity contribution in [3.8, 4) is 0 Å². The van der Waals surface area contributed by atoms with Gasteiger partial charge in [0, 0.05) is 28.3 Å². The number of hydrazine groups is 1. The van der Waals surface area contributed by atoms with E-state index in [0.717, 1.165) is 4.47 Å². The van der Waals surface area contributed by atoms with Crippen molar-refractivity contribution in [2.24, 2.45) is 7.05 Å². The SMILES string of the molecule is Cn1cc(Br)cc1C(=O)NNC(=O)c1cccc(Cl)c1. The zero-order valence-corrected chi connectivity index (χ0v) is 12.8. The minimum Gasteiger partial charge on any atom is -0.345 e. The van der Waals surface area contributed by atoms with Crippen molar-refractivity contribution in [3.05, 3.63) is 57.3 Å². The molecule has 0 bridgehead atoms. The number of carbonyl (C=O) groups is 2. The Kier molecular flexibility index (Phi) is 4.46. The Hall–Kier alpha value is -1.79. The van der Waals surface area contributed by atoms with Crippen molar-refractivity contribution in [3.63, 3.8) is 0 Å². The molecule has 5 nitrogen and oxygen atoms in total. The van der Waals surface area contributed by atoms with Gasteiger partial charge in [0.25, 0.3) is 11.8 Å². The Bertz CT molecular complexity index is 669. The number of carbonyl (C=O) groups excluding carboxylic acids is 2. The van der Waals surface area contributed by atoms with Crippen LogP contribution in [0.2, 0.25) is 5.02 Å². The minimum absolute atomic E-state index is 0.367. The molecule has 104 valence electrons. The highest BCUT2D eigenvalue weighted by Gasteiger charge is 2.12. The lowest BCUT2D eigenvalue weighted by atomic mass is 10.2. The fourth-order valence-corrected chi connectivity index (χ4v) is 2.34. The van der Waals surface area contributed by atoms with E-state index in [1.807, 2.05) is 0 Å². The highest BCUT2D eigenvalue weighted by Crippen LogP contribution is 2.13. The summed E-state index contributed by atoms with van der Waals surface area (Å²) in [4.78, 5) is 23.7. The molecule has 0 atom stereocenters. The predicted molar refractivity (Wildman–Crippen MR) is 79.5 cm³/mol. The van der Waals surface area contributed by atoms with E-state index in [2.05, 4.69) is 26.8 Å². The molecule has 7 heteroatoms. The number of hydrogen-bond acceptors (Lipinski definition) is 2. The first-order valence-electron chi connectivity index (χ1n) is 5.65. The number of hydrogen-bond donors (Lipinski definition) is 2. The third-order valence-corrected chi connectivity index (χ3v) is 3.25. The van der Waals surface area contributed by atoms with Crippen LogP contribution in [0.25, 0.3) is 0 Å². The standard InChI is InChI=1S/C13H11BrClN3O2/c1-18-7-9(14)6-11(18)13(20)17-16-12(19)8-3-2-4-10(15)5-8/h2-7H,1H3,(H,16,19)(H,17,20). The average molecular weight is 357 g/mol. The first kappa shape index (κ1) is 14.6. The summed E-state index contributed by atoms with van der Waals surface area (Å²) in [5.74, 6) is -0.845. The van der Waals surface area contributed by atoms with Gasteiger partial charge in [0.1, 0.15) is 5.69 Å². The van der Waals surface area contributed by atoms with Gasteiger partial charge in [-0.1, -0.05) is 17.7 Å². The largest absolute Gasteiger partial charge is 0.345 e. The molecule has 1 aromatic heterocycles. The van der Waals surface area contributed by atoms with E-state index in [9.17, 15) is 9.59 Å². The Morgan fingerprint density at radius 2 is 1.90 bits per heavy atom. The van der Waals surface area contributed by atoms with Gasteiger partial charge in [-0.15, -0.1) is 0 Å². The third-order valence-electron chi connectivity index (χ3n) is 2.58. The molecule has 1 aromatic carbocycles. The van der Waals surface area contributed by atoms with Crippen LogP contribution >= 0.6 is 27.5 Å². The normalized spacial score (nSPS) is 10.2. The van der Waals surface area contributed by atoms with Crippen LogP contribution in [0.15, 0.2) is 41.0 Å². The molecule has 0 aliphatic rings. The number of aryl methyl sites for hydroxylation is 1. The topological polar surface area (TPSA) is 63.1 Å². The molecule has 0 saturated heterocycles. The molecule has 0 aliphatic carbocycles. The van der Waals surface area contributed by atoms with Gasteiger partial charge in [-0.3, -0.25) is 20.4 Å². The highest BCUT2D eigenvalue weighted by atomic mass is 79.9. The van der Waals surface area contributed by atoms with Crippen molar-refractivity contribution >= 4 is 39.3 Å². The maximum atomic E-state index is 11.9. The van der Waals surface area contributed by atoms with E-state index in [4.69, 9.17) is 11.6 Å². The molecular formula is C13H11BrClN3O2. The summed E-state index contributed by atoms with van der Waals surface area (Å²) in [5.41, 5.74) is 5.47. The minimum atomic E-state index is -0.436. The van der Waals surface area contributed by atoms with Gasteiger partial charge in [-0.2, -0.15) is 0 Å². The molecule has 0 spiro atoms. The van der Waals surface area contributed by atoms with E-state index >= 15 is 0 Å². The van der Waals surface area contributed by atoms with E-state index in [0.29, 0.717) is 16.3 Å². The molecule has 2 rings (SSSR count). The molecule has 0 radical (unpaired) electrons. The second kappa shape index (κ2) is 6.11. The molecule has 0 fully saturated rings. The number of aromatic nitrogens is 1. The van der Waals surface area contributed by atoms with Crippen LogP contribution in [-0.2, 0) is 7.05 Å². The van der Waals surface area contributed by atoms with Crippen molar-refractivity contribution in [1.29, 1.82) is 0 Å². The lowest BCUT2D eigenvalue weighted by molar-refractivity contribution is 0.0842. The molecule has 2 aromatic rings. The quantitative estimate of drug-likeness (QED) is 0.812. The molecule has 20 heavy (non-hydrogen) atoms. The van der Waals surface area contributed by atoms with E-state index < -0.39 is 11.8 Å². The molecule has 2 amide bonds. The van der Waals surface area contributed by atoms with Crippen LogP contribution in [0, 0.1) is 0 Å². The number of halogens is 2. The first-order valence-corrected chi connectivity index (χ1v) is 6.82. The number of amides is 2. The molecule has 1 heterocycles. The van der Waals surface area contributed by atoms with Crippen molar-refractivity contribution in [2.75, 3.05) is 0 Å². The van der Waals surface area contributed by atoms with Crippen molar-refractivity contribution in [2.45, 2.75) is 0 Å². The monoisotopic (exact) mass is 355 g/mol. The van der Waals surface area contributed by atoms with E-state index in [1.54, 1.807) is 42.1 Å². The maximum Gasteiger partial charge on any atom is 0.286 e. The number of nitrogens with one attached hydrogen (secondary N) is 2. The van der Waals surface area contributed by atoms with Crippen molar-refractivity contribution < 1.29 is 9.59 Å². The van der Waals surface area contributed by atoms with E-state index in [1.165, 1.54) is 6.07 Å². The van der Waals surface area contributed by atoms with Crippen LogP contribution in [0.5, 0.6) is 0 Å². The molecule has 0 unspecified atom stereocenters. The summed E-state index contributed by atoms with van der Waals surface area (Å²) in [6, 6.07) is 8.10. The van der Waals surface area contributed by atoms with Gasteiger partial charge >= 0.3 is 0 Å². The number of benzene rings is 1. The molecule has 2 N–H and O–H groups in total. The summed E-state index contributed by atoms with van der Waals surface area (Å²) >= 11 is 9.07. The van der Waals surface area contributed by atoms with Crippen LogP contribution in [0.1, 0.15) is 20.8 Å². The fraction of sp³-hybridized carbons (Fsp3) is 0.0769. The molecule has 0 aliphatic heterocycles. The Balaban J connectivity index is 2.00. The second-order valence-corrected chi connectivity index (χ2v) is 5.43. The lowest BCUT2D eigenvalue weighted by Gasteiger charge is -2.08. The van der Waals surface area contributed by atoms with Gasteiger partial charge in [-0.25, -0.2) is 0 Å². The Labute approximate surface area is 129 Å². The van der Waals surface area contributed by atoms with Crippen LogP contribution in [0.4, 0.5) is 0 Å². The summed E-state index contributed by atoms with van der Waals surface area (Å²) in [6.07, 6.45) is 1.74. The highest BCUT2D eigenvalue weighted by molar-refractivity contribution is 9.10. The second-order valence-electron chi connectivity index (χ2n) is 4.07. The summed E-state index contributed by atoms with van der Waals surface area (Å²) in [7, 11) is 1.73. The average Bonchev–Trinajstić information content (AvgIpc) is 2.74. The zero-order valence-electron chi connectivity index (χ0n) is 10.5. The van der Waals surface area contributed by atoms with Gasteiger partial charge in [-0.05, 0) is 40.2 Å². The smallest absolute Gasteiger partial charge is 0.286 e. The third kappa shape index (κ3) is 3.40. The maximum absolute atomic E-state index is 11.9. The van der Waals surface area contributed by atoms with Crippen molar-refractivity contribution in [1.82, 2.24) is 15.4 Å². The van der Waals surface area contributed by atoms with Crippen LogP contribution in [-0.4, -0.2) is 16.4 Å². The predicted octanol–water partition coefficient (Wildman–Crippen LogP) is 2.52. The summed E-state index contributed by atoms with van der Waals surface area (Å²) in [6.45, 7) is 0. The fourth-order valence-electron chi connectivity index (χ4n) is 1.63. The van der Waals surface area contributed by atoms with Gasteiger partial charge < -0.3 is 4.57 Å². The van der Waals surface area contributed by atoms with Gasteiger partial charge in [0.15, 0.2) is 0 Å². The Morgan fingerprint density at radius 3 is 2.50 bits per heavy atom. The lowest BCUT2D eigenvalue weighted by Crippen LogP contribution is -2.42. The van der Waals surface area contributed by atoms with E-state index in [-0.39, 0.29) is 0 Å². The summed E-state index contributed by atoms with van der Waals surface area (Å²) in [5, 5.41) is 0.454. The van der Waals surface area contributed by atoms with Gasteiger partial charge in [0.2, 0.25) is 0 Å². The van der Waals surface area contributed by atoms with Gasteiger partial charge in [0.05, 0.1) is 0 Å². The van der Waals surface area contributed by atoms with Crippen LogP contribution < -0.4 is 10.9 Å². The first-order chi connectivity index (χ1) is 9.47. The summed E-state index contributed by atoms with van der Waals surface area (Å²) < 4.78 is 2.43. The molecule has 0 saturated carbocycles.